The van der Waals surface area contributed by atoms with Gasteiger partial charge in [-0.1, -0.05) is 35.9 Å². The maximum atomic E-state index is 13.7. The van der Waals surface area contributed by atoms with E-state index in [0.29, 0.717) is 5.69 Å². The van der Waals surface area contributed by atoms with E-state index in [2.05, 4.69) is 4.98 Å². The number of aromatic nitrogens is 1. The predicted molar refractivity (Wildman–Crippen MR) is 117 cm³/mol. The lowest BCUT2D eigenvalue weighted by Gasteiger charge is -2.29. The van der Waals surface area contributed by atoms with Gasteiger partial charge in [0.15, 0.2) is 6.10 Å². The largest absolute Gasteiger partial charge is 0.273 e. The maximum Gasteiger partial charge on any atom is 0.266 e. The van der Waals surface area contributed by atoms with Crippen LogP contribution in [0.3, 0.4) is 0 Å². The van der Waals surface area contributed by atoms with Gasteiger partial charge in [0.25, 0.3) is 5.91 Å². The second-order valence-electron chi connectivity index (χ2n) is 8.20. The second kappa shape index (κ2) is 7.32. The standard InChI is InChI=1S/C25H23N3O3/c1-15-13-16(2)21(17(3)14-15)27-24(29)20-22(18-9-11-26-12-10-18)28(31-23(20)25(27)30)19-7-5-4-6-8-19/h4-14,20,22-23H,1-3H3/t20-,22+,23-/m1/s1. The number of anilines is 2. The third-order valence-corrected chi connectivity index (χ3v) is 6.03. The molecule has 3 aromatic rings. The number of fused-ring (bicyclic) bond motifs is 1. The van der Waals surface area contributed by atoms with Gasteiger partial charge in [0.1, 0.15) is 5.92 Å². The van der Waals surface area contributed by atoms with Gasteiger partial charge >= 0.3 is 0 Å². The van der Waals surface area contributed by atoms with Crippen molar-refractivity contribution >= 4 is 23.2 Å². The Kier molecular flexibility index (Phi) is 4.59. The number of nitrogens with zero attached hydrogens (tertiary/aromatic N) is 3. The molecule has 2 aromatic carbocycles. The minimum absolute atomic E-state index is 0.231. The number of carbonyl (C=O) groups is 2. The van der Waals surface area contributed by atoms with Crippen molar-refractivity contribution in [3.8, 4) is 0 Å². The summed E-state index contributed by atoms with van der Waals surface area (Å²) in [5.41, 5.74) is 5.25. The minimum Gasteiger partial charge on any atom is -0.273 e. The first-order chi connectivity index (χ1) is 15.0. The van der Waals surface area contributed by atoms with E-state index in [9.17, 15) is 9.59 Å². The number of hydrogen-bond acceptors (Lipinski definition) is 5. The van der Waals surface area contributed by atoms with Crippen molar-refractivity contribution in [2.24, 2.45) is 5.92 Å². The van der Waals surface area contributed by atoms with Crippen molar-refractivity contribution in [1.29, 1.82) is 0 Å². The van der Waals surface area contributed by atoms with Crippen LogP contribution >= 0.6 is 0 Å². The molecule has 0 saturated carbocycles. The summed E-state index contributed by atoms with van der Waals surface area (Å²) in [5.74, 6) is -1.19. The Morgan fingerprint density at radius 2 is 1.52 bits per heavy atom. The van der Waals surface area contributed by atoms with E-state index in [1.165, 1.54) is 4.90 Å². The molecule has 2 fully saturated rings. The van der Waals surface area contributed by atoms with Crippen molar-refractivity contribution in [3.63, 3.8) is 0 Å². The molecule has 0 radical (unpaired) electrons. The number of hydroxylamine groups is 1. The van der Waals surface area contributed by atoms with Crippen LogP contribution in [0.1, 0.15) is 28.3 Å². The lowest BCUT2D eigenvalue weighted by Crippen LogP contribution is -2.38. The zero-order chi connectivity index (χ0) is 21.7. The number of imide groups is 1. The van der Waals surface area contributed by atoms with E-state index in [0.717, 1.165) is 27.9 Å². The van der Waals surface area contributed by atoms with Crippen LogP contribution in [0.5, 0.6) is 0 Å². The molecule has 0 spiro atoms. The molecule has 0 unspecified atom stereocenters. The van der Waals surface area contributed by atoms with E-state index in [-0.39, 0.29) is 11.8 Å². The molecule has 3 atom stereocenters. The van der Waals surface area contributed by atoms with E-state index >= 15 is 0 Å². The highest BCUT2D eigenvalue weighted by Gasteiger charge is 2.60. The fourth-order valence-corrected chi connectivity index (χ4v) is 4.86. The van der Waals surface area contributed by atoms with Gasteiger partial charge in [0.2, 0.25) is 5.91 Å². The molecular weight excluding hydrogens is 390 g/mol. The van der Waals surface area contributed by atoms with Crippen molar-refractivity contribution in [2.75, 3.05) is 9.96 Å². The number of amides is 2. The van der Waals surface area contributed by atoms with Crippen LogP contribution in [0.25, 0.3) is 0 Å². The Morgan fingerprint density at radius 3 is 2.16 bits per heavy atom. The van der Waals surface area contributed by atoms with Gasteiger partial charge in [-0.3, -0.25) is 19.4 Å². The quantitative estimate of drug-likeness (QED) is 0.606. The molecule has 0 aliphatic carbocycles. The van der Waals surface area contributed by atoms with Crippen LogP contribution in [0.15, 0.2) is 67.0 Å². The SMILES string of the molecule is Cc1cc(C)c(N2C(=O)[C@H]3[C@@H](ON(c4ccccc4)[C@H]3c3ccncc3)C2=O)c(C)c1. The van der Waals surface area contributed by atoms with Gasteiger partial charge in [0.05, 0.1) is 17.4 Å². The van der Waals surface area contributed by atoms with Gasteiger partial charge in [-0.15, -0.1) is 0 Å². The summed E-state index contributed by atoms with van der Waals surface area (Å²) in [4.78, 5) is 38.8. The number of para-hydroxylation sites is 1. The van der Waals surface area contributed by atoms with Crippen molar-refractivity contribution < 1.29 is 14.4 Å². The van der Waals surface area contributed by atoms with Crippen LogP contribution in [0.4, 0.5) is 11.4 Å². The summed E-state index contributed by atoms with van der Waals surface area (Å²) < 4.78 is 0. The molecule has 6 heteroatoms. The molecule has 2 aliphatic heterocycles. The van der Waals surface area contributed by atoms with Crippen LogP contribution < -0.4 is 9.96 Å². The summed E-state index contributed by atoms with van der Waals surface area (Å²) in [6.45, 7) is 5.87. The third kappa shape index (κ3) is 3.02. The fourth-order valence-electron chi connectivity index (χ4n) is 4.86. The zero-order valence-electron chi connectivity index (χ0n) is 17.6. The minimum atomic E-state index is -0.869. The molecule has 0 N–H and O–H groups in total. The Bertz CT molecular complexity index is 1140. The van der Waals surface area contributed by atoms with E-state index < -0.39 is 18.1 Å². The number of aryl methyl sites for hydroxylation is 3. The Morgan fingerprint density at radius 1 is 0.871 bits per heavy atom. The molecule has 0 bridgehead atoms. The third-order valence-electron chi connectivity index (χ3n) is 6.03. The first kappa shape index (κ1) is 19.5. The van der Waals surface area contributed by atoms with Gasteiger partial charge < -0.3 is 0 Å². The molecular formula is C25H23N3O3. The molecule has 2 aliphatic rings. The normalized spacial score (nSPS) is 22.9. The van der Waals surface area contributed by atoms with E-state index in [1.54, 1.807) is 17.5 Å². The highest BCUT2D eigenvalue weighted by molar-refractivity contribution is 6.24. The lowest BCUT2D eigenvalue weighted by atomic mass is 9.91. The highest BCUT2D eigenvalue weighted by Crippen LogP contribution is 2.48. The summed E-state index contributed by atoms with van der Waals surface area (Å²) in [6, 6.07) is 16.9. The van der Waals surface area contributed by atoms with Crippen molar-refractivity contribution in [2.45, 2.75) is 32.9 Å². The first-order valence-corrected chi connectivity index (χ1v) is 10.3. The Balaban J connectivity index is 1.61. The number of pyridine rings is 1. The summed E-state index contributed by atoms with van der Waals surface area (Å²) in [7, 11) is 0. The summed E-state index contributed by atoms with van der Waals surface area (Å²) >= 11 is 0. The average molecular weight is 413 g/mol. The molecule has 6 nitrogen and oxygen atoms in total. The summed E-state index contributed by atoms with van der Waals surface area (Å²) in [6.07, 6.45) is 2.52. The summed E-state index contributed by atoms with van der Waals surface area (Å²) in [5, 5.41) is 1.70. The number of carbonyl (C=O) groups excluding carboxylic acids is 2. The predicted octanol–water partition coefficient (Wildman–Crippen LogP) is 4.06. The monoisotopic (exact) mass is 413 g/mol. The molecule has 2 amide bonds. The van der Waals surface area contributed by atoms with Crippen LogP contribution in [-0.2, 0) is 14.4 Å². The topological polar surface area (TPSA) is 62.7 Å². The van der Waals surface area contributed by atoms with Gasteiger partial charge in [-0.25, -0.2) is 9.96 Å². The first-order valence-electron chi connectivity index (χ1n) is 10.3. The number of hydrogen-bond donors (Lipinski definition) is 0. The highest BCUT2D eigenvalue weighted by atomic mass is 16.7. The number of benzene rings is 2. The average Bonchev–Trinajstić information content (AvgIpc) is 3.26. The van der Waals surface area contributed by atoms with Crippen LogP contribution in [0, 0.1) is 26.7 Å². The molecule has 3 heterocycles. The molecule has 156 valence electrons. The second-order valence-corrected chi connectivity index (χ2v) is 8.20. The van der Waals surface area contributed by atoms with Crippen LogP contribution in [0.2, 0.25) is 0 Å². The van der Waals surface area contributed by atoms with Crippen LogP contribution in [-0.4, -0.2) is 22.9 Å². The van der Waals surface area contributed by atoms with Crippen molar-refractivity contribution in [3.05, 3.63) is 89.2 Å². The van der Waals surface area contributed by atoms with Crippen molar-refractivity contribution in [1.82, 2.24) is 4.98 Å². The smallest absolute Gasteiger partial charge is 0.266 e. The molecule has 2 saturated heterocycles. The van der Waals surface area contributed by atoms with Gasteiger partial charge in [-0.2, -0.15) is 0 Å². The van der Waals surface area contributed by atoms with Gasteiger partial charge in [-0.05, 0) is 61.7 Å². The molecule has 31 heavy (non-hydrogen) atoms. The fraction of sp³-hybridized carbons (Fsp3) is 0.240. The molecule has 5 rings (SSSR count). The van der Waals surface area contributed by atoms with Gasteiger partial charge in [0, 0.05) is 12.4 Å². The van der Waals surface area contributed by atoms with E-state index in [4.69, 9.17) is 4.84 Å². The lowest BCUT2D eigenvalue weighted by molar-refractivity contribution is -0.126. The molecule has 1 aromatic heterocycles. The Labute approximate surface area is 181 Å². The Hall–Kier alpha value is -3.51. The number of rotatable bonds is 3. The van der Waals surface area contributed by atoms with E-state index in [1.807, 2.05) is 75.4 Å². The maximum absolute atomic E-state index is 13.7. The zero-order valence-corrected chi connectivity index (χ0v) is 17.6.